The zero-order valence-corrected chi connectivity index (χ0v) is 24.4. The Kier molecular flexibility index (Phi) is 9.47. The molecule has 3 rings (SSSR count). The van der Waals surface area contributed by atoms with Gasteiger partial charge in [0.25, 0.3) is 0 Å². The summed E-state index contributed by atoms with van der Waals surface area (Å²) >= 11 is 0. The van der Waals surface area contributed by atoms with Crippen LogP contribution in [0.1, 0.15) is 93.4 Å². The molecule has 0 aromatic carbocycles. The van der Waals surface area contributed by atoms with Gasteiger partial charge in [-0.2, -0.15) is 0 Å². The molecule has 0 aromatic heterocycles. The lowest BCUT2D eigenvalue weighted by Gasteiger charge is -2.44. The molecule has 3 fully saturated rings. The minimum atomic E-state index is -0.231. The zero-order valence-electron chi connectivity index (χ0n) is 24.4. The van der Waals surface area contributed by atoms with E-state index in [0.717, 1.165) is 5.92 Å². The van der Waals surface area contributed by atoms with Crippen LogP contribution < -0.4 is 0 Å². The van der Waals surface area contributed by atoms with Crippen molar-refractivity contribution in [2.45, 2.75) is 99.5 Å². The smallest absolute Gasteiger partial charge is 0.152 e. The van der Waals surface area contributed by atoms with Crippen LogP contribution in [-0.2, 0) is 9.53 Å². The highest BCUT2D eigenvalue weighted by atomic mass is 16.5. The van der Waals surface area contributed by atoms with E-state index in [4.69, 9.17) is 4.74 Å². The molecule has 3 aliphatic carbocycles. The summed E-state index contributed by atoms with van der Waals surface area (Å²) in [4.78, 5) is 11.5. The molecule has 0 radical (unpaired) electrons. The molecule has 36 heavy (non-hydrogen) atoms. The summed E-state index contributed by atoms with van der Waals surface area (Å²) in [5.41, 5.74) is 4.66. The number of hydrogen-bond donors (Lipinski definition) is 0. The summed E-state index contributed by atoms with van der Waals surface area (Å²) in [7, 11) is 1.77. The number of carbonyl (C=O) groups excluding carboxylic acids is 1. The summed E-state index contributed by atoms with van der Waals surface area (Å²) in [5.74, 6) is 3.33. The van der Waals surface area contributed by atoms with Crippen molar-refractivity contribution in [3.63, 3.8) is 0 Å². The van der Waals surface area contributed by atoms with Crippen molar-refractivity contribution in [3.05, 3.63) is 59.8 Å². The Hall–Kier alpha value is -1.67. The second-order valence-corrected chi connectivity index (χ2v) is 13.2. The molecular weight excluding hydrogens is 440 g/mol. The molecule has 2 heteroatoms. The number of methoxy groups -OCH3 is 1. The molecule has 0 saturated heterocycles. The molecule has 7 atom stereocenters. The lowest BCUT2D eigenvalue weighted by Crippen LogP contribution is -2.35. The maximum Gasteiger partial charge on any atom is 0.152 e. The van der Waals surface area contributed by atoms with E-state index in [1.54, 1.807) is 25.7 Å². The Morgan fingerprint density at radius 2 is 1.92 bits per heavy atom. The van der Waals surface area contributed by atoms with Crippen molar-refractivity contribution in [1.82, 2.24) is 0 Å². The zero-order chi connectivity index (χ0) is 26.7. The number of rotatable bonds is 8. The van der Waals surface area contributed by atoms with Crippen molar-refractivity contribution >= 4 is 5.78 Å². The molecule has 3 saturated carbocycles. The van der Waals surface area contributed by atoms with E-state index in [1.165, 1.54) is 56.1 Å². The van der Waals surface area contributed by atoms with Gasteiger partial charge in [0, 0.05) is 12.5 Å². The van der Waals surface area contributed by atoms with Crippen LogP contribution in [0.5, 0.6) is 0 Å². The molecule has 0 N–H and O–H groups in total. The van der Waals surface area contributed by atoms with Gasteiger partial charge in [-0.05, 0) is 104 Å². The molecule has 7 unspecified atom stereocenters. The maximum atomic E-state index is 11.5. The molecule has 2 nitrogen and oxygen atoms in total. The average Bonchev–Trinajstić information content (AvgIpc) is 3.17. The Bertz CT molecular complexity index is 929. The van der Waals surface area contributed by atoms with E-state index in [2.05, 4.69) is 72.4 Å². The highest BCUT2D eigenvalue weighted by Crippen LogP contribution is 2.59. The van der Waals surface area contributed by atoms with E-state index in [9.17, 15) is 4.79 Å². The molecule has 0 aromatic rings. The van der Waals surface area contributed by atoms with Gasteiger partial charge in [-0.3, -0.25) is 4.79 Å². The van der Waals surface area contributed by atoms with Crippen LogP contribution in [0.2, 0.25) is 0 Å². The first-order valence-electron chi connectivity index (χ1n) is 14.4. The van der Waals surface area contributed by atoms with Crippen molar-refractivity contribution in [3.8, 4) is 0 Å². The van der Waals surface area contributed by atoms with Crippen molar-refractivity contribution in [2.24, 2.45) is 40.4 Å². The summed E-state index contributed by atoms with van der Waals surface area (Å²) in [6.45, 7) is 20.0. The number of ketones is 1. The second kappa shape index (κ2) is 11.8. The fourth-order valence-corrected chi connectivity index (χ4v) is 7.65. The van der Waals surface area contributed by atoms with Crippen LogP contribution in [-0.4, -0.2) is 19.0 Å². The van der Waals surface area contributed by atoms with Crippen LogP contribution >= 0.6 is 0 Å². The van der Waals surface area contributed by atoms with E-state index >= 15 is 0 Å². The first-order chi connectivity index (χ1) is 16.9. The summed E-state index contributed by atoms with van der Waals surface area (Å²) in [6.07, 6.45) is 22.1. The van der Waals surface area contributed by atoms with E-state index in [1.807, 2.05) is 6.08 Å². The number of fused-ring (bicyclic) bond motifs is 1. The third-order valence-electron chi connectivity index (χ3n) is 9.83. The monoisotopic (exact) mass is 492 g/mol. The molecular formula is C34H52O2. The second-order valence-electron chi connectivity index (χ2n) is 13.2. The number of ether oxygens (including phenoxy) is 1. The molecule has 0 spiro atoms. The van der Waals surface area contributed by atoms with Crippen molar-refractivity contribution in [2.75, 3.05) is 7.11 Å². The number of hydrogen-bond acceptors (Lipinski definition) is 2. The number of allylic oxidation sites excluding steroid dienone is 7. The van der Waals surface area contributed by atoms with Gasteiger partial charge in [0.15, 0.2) is 5.78 Å². The standard InChI is InChI=1S/C34H52O2/c1-23-21-25(3)27(5)29(22-23)14-13-28-11-10-19-34(8)30(15-16-31(28)34)24(2)12-17-32(36-9)33(6,7)20-18-26(4)35/h12-14,17-18,20,23-25,30-32H,5,10-11,15-16,19,21-22H2,1-4,6-9H3/b17-12+,20-18+,28-13+,29-14+. The molecule has 0 amide bonds. The predicted molar refractivity (Wildman–Crippen MR) is 154 cm³/mol. The quantitative estimate of drug-likeness (QED) is 0.249. The largest absolute Gasteiger partial charge is 0.377 e. The fourth-order valence-electron chi connectivity index (χ4n) is 7.65. The molecule has 200 valence electrons. The van der Waals surface area contributed by atoms with Crippen LogP contribution in [0.3, 0.4) is 0 Å². The Morgan fingerprint density at radius 1 is 1.19 bits per heavy atom. The average molecular weight is 493 g/mol. The van der Waals surface area contributed by atoms with Gasteiger partial charge < -0.3 is 4.74 Å². The van der Waals surface area contributed by atoms with Crippen LogP contribution in [0.4, 0.5) is 0 Å². The molecule has 0 bridgehead atoms. The summed E-state index contributed by atoms with van der Waals surface area (Å²) in [5, 5.41) is 0. The van der Waals surface area contributed by atoms with Crippen molar-refractivity contribution in [1.29, 1.82) is 0 Å². The fraction of sp³-hybridized carbons (Fsp3) is 0.676. The Labute approximate surface area is 222 Å². The van der Waals surface area contributed by atoms with Gasteiger partial charge >= 0.3 is 0 Å². The van der Waals surface area contributed by atoms with Crippen LogP contribution in [0, 0.1) is 40.4 Å². The highest BCUT2D eigenvalue weighted by Gasteiger charge is 2.50. The highest BCUT2D eigenvalue weighted by molar-refractivity contribution is 5.87. The lowest BCUT2D eigenvalue weighted by atomic mass is 9.61. The SMILES string of the molecule is C=C1/C(=C/C=C2\CCCC3(C)C2CCC3C(C)/C=C/C(OC)C(C)(C)/C=C/C(C)=O)CC(C)CC1C. The molecule has 0 heterocycles. The summed E-state index contributed by atoms with van der Waals surface area (Å²) < 4.78 is 5.85. The van der Waals surface area contributed by atoms with Gasteiger partial charge in [-0.25, -0.2) is 0 Å². The number of carbonyl (C=O) groups is 1. The first-order valence-corrected chi connectivity index (χ1v) is 14.4. The lowest BCUT2D eigenvalue weighted by molar-refractivity contribution is -0.112. The molecule has 3 aliphatic rings. The predicted octanol–water partition coefficient (Wildman–Crippen LogP) is 9.06. The van der Waals surface area contributed by atoms with Gasteiger partial charge in [0.1, 0.15) is 0 Å². The minimum absolute atomic E-state index is 0.0534. The third kappa shape index (κ3) is 6.42. The summed E-state index contributed by atoms with van der Waals surface area (Å²) in [6, 6.07) is 0. The molecule has 0 aliphatic heterocycles. The van der Waals surface area contributed by atoms with E-state index in [0.29, 0.717) is 29.1 Å². The van der Waals surface area contributed by atoms with Gasteiger partial charge in [-0.15, -0.1) is 0 Å². The normalized spacial score (nSPS) is 35.6. The van der Waals surface area contributed by atoms with Gasteiger partial charge in [0.2, 0.25) is 0 Å². The topological polar surface area (TPSA) is 26.3 Å². The van der Waals surface area contributed by atoms with Crippen molar-refractivity contribution < 1.29 is 9.53 Å². The third-order valence-corrected chi connectivity index (χ3v) is 9.83. The van der Waals surface area contributed by atoms with E-state index in [-0.39, 0.29) is 17.3 Å². The van der Waals surface area contributed by atoms with Crippen LogP contribution in [0.15, 0.2) is 59.8 Å². The van der Waals surface area contributed by atoms with Crippen LogP contribution in [0.25, 0.3) is 0 Å². The van der Waals surface area contributed by atoms with Gasteiger partial charge in [0.05, 0.1) is 6.10 Å². The maximum absolute atomic E-state index is 11.5. The Morgan fingerprint density at radius 3 is 2.58 bits per heavy atom. The Balaban J connectivity index is 1.75. The van der Waals surface area contributed by atoms with E-state index < -0.39 is 0 Å². The van der Waals surface area contributed by atoms with Gasteiger partial charge in [-0.1, -0.05) is 84.1 Å². The first kappa shape index (κ1) is 28.9. The minimum Gasteiger partial charge on any atom is -0.377 e.